The summed E-state index contributed by atoms with van der Waals surface area (Å²) in [7, 11) is 0. The highest BCUT2D eigenvalue weighted by atomic mass is 16.3. The zero-order chi connectivity index (χ0) is 14.4. The quantitative estimate of drug-likeness (QED) is 0.849. The molecule has 0 aromatic heterocycles. The van der Waals surface area contributed by atoms with Gasteiger partial charge in [0.05, 0.1) is 6.61 Å². The summed E-state index contributed by atoms with van der Waals surface area (Å²) >= 11 is 0. The number of benzene rings is 2. The van der Waals surface area contributed by atoms with Crippen molar-refractivity contribution in [1.82, 2.24) is 4.90 Å². The van der Waals surface area contributed by atoms with Gasteiger partial charge < -0.3 is 10.2 Å². The van der Waals surface area contributed by atoms with Crippen LogP contribution in [0.5, 0.6) is 5.75 Å². The standard InChI is InChI=1S/C17H21NO2/c1-2-18(10-11-19)13-16-12-15(8-9-17(16)20)14-6-4-3-5-7-14/h3-9,12,19-20H,2,10-11,13H2,1H3. The minimum Gasteiger partial charge on any atom is -0.508 e. The molecule has 2 aromatic carbocycles. The fourth-order valence-corrected chi connectivity index (χ4v) is 2.25. The minimum atomic E-state index is 0.132. The summed E-state index contributed by atoms with van der Waals surface area (Å²) in [5.41, 5.74) is 3.12. The fraction of sp³-hybridized carbons (Fsp3) is 0.294. The van der Waals surface area contributed by atoms with E-state index in [9.17, 15) is 5.11 Å². The summed E-state index contributed by atoms with van der Waals surface area (Å²) in [6.07, 6.45) is 0. The smallest absolute Gasteiger partial charge is 0.120 e. The Morgan fingerprint density at radius 1 is 1.00 bits per heavy atom. The van der Waals surface area contributed by atoms with Gasteiger partial charge >= 0.3 is 0 Å². The highest BCUT2D eigenvalue weighted by Crippen LogP contribution is 2.26. The van der Waals surface area contributed by atoms with Crippen molar-refractivity contribution in [2.45, 2.75) is 13.5 Å². The van der Waals surface area contributed by atoms with Crippen LogP contribution in [0, 0.1) is 0 Å². The Morgan fingerprint density at radius 3 is 2.40 bits per heavy atom. The van der Waals surface area contributed by atoms with Gasteiger partial charge in [0.25, 0.3) is 0 Å². The molecule has 0 unspecified atom stereocenters. The minimum absolute atomic E-state index is 0.132. The van der Waals surface area contributed by atoms with Crippen LogP contribution in [0.2, 0.25) is 0 Å². The normalized spacial score (nSPS) is 10.9. The van der Waals surface area contributed by atoms with Crippen LogP contribution < -0.4 is 0 Å². The molecule has 0 saturated heterocycles. The van der Waals surface area contributed by atoms with Crippen LogP contribution in [0.25, 0.3) is 11.1 Å². The Balaban J connectivity index is 2.25. The van der Waals surface area contributed by atoms with Crippen LogP contribution in [0.3, 0.4) is 0 Å². The topological polar surface area (TPSA) is 43.7 Å². The molecule has 0 saturated carbocycles. The second-order valence-electron chi connectivity index (χ2n) is 4.80. The maximum Gasteiger partial charge on any atom is 0.120 e. The van der Waals surface area contributed by atoms with Crippen molar-refractivity contribution in [2.75, 3.05) is 19.7 Å². The molecule has 2 rings (SSSR count). The lowest BCUT2D eigenvalue weighted by molar-refractivity contribution is 0.195. The number of nitrogens with zero attached hydrogens (tertiary/aromatic N) is 1. The third-order valence-electron chi connectivity index (χ3n) is 3.44. The van der Waals surface area contributed by atoms with Crippen LogP contribution in [0.15, 0.2) is 48.5 Å². The van der Waals surface area contributed by atoms with Gasteiger partial charge in [-0.15, -0.1) is 0 Å². The Hall–Kier alpha value is -1.84. The molecule has 0 aliphatic heterocycles. The molecule has 0 bridgehead atoms. The van der Waals surface area contributed by atoms with Gasteiger partial charge in [0.15, 0.2) is 0 Å². The molecule has 0 heterocycles. The number of likely N-dealkylation sites (N-methyl/N-ethyl adjacent to an activating group) is 1. The maximum absolute atomic E-state index is 10.0. The van der Waals surface area contributed by atoms with E-state index < -0.39 is 0 Å². The number of aliphatic hydroxyl groups excluding tert-OH is 1. The van der Waals surface area contributed by atoms with Crippen LogP contribution in [-0.4, -0.2) is 34.8 Å². The molecule has 106 valence electrons. The Kier molecular flexibility index (Phi) is 5.16. The largest absolute Gasteiger partial charge is 0.508 e. The van der Waals surface area contributed by atoms with Crippen LogP contribution in [0.1, 0.15) is 12.5 Å². The molecule has 3 nitrogen and oxygen atoms in total. The van der Waals surface area contributed by atoms with Gasteiger partial charge in [0, 0.05) is 18.7 Å². The van der Waals surface area contributed by atoms with E-state index >= 15 is 0 Å². The van der Waals surface area contributed by atoms with E-state index in [1.165, 1.54) is 0 Å². The van der Waals surface area contributed by atoms with Crippen molar-refractivity contribution in [3.63, 3.8) is 0 Å². The first-order chi connectivity index (χ1) is 9.74. The first-order valence-corrected chi connectivity index (χ1v) is 6.95. The third kappa shape index (κ3) is 3.59. The summed E-state index contributed by atoms with van der Waals surface area (Å²) in [5.74, 6) is 0.307. The molecule has 0 aliphatic carbocycles. The van der Waals surface area contributed by atoms with Gasteiger partial charge in [0.1, 0.15) is 5.75 Å². The third-order valence-corrected chi connectivity index (χ3v) is 3.44. The first kappa shape index (κ1) is 14.6. The molecule has 3 heteroatoms. The number of phenols is 1. The summed E-state index contributed by atoms with van der Waals surface area (Å²) in [4.78, 5) is 2.10. The highest BCUT2D eigenvalue weighted by Gasteiger charge is 2.08. The van der Waals surface area contributed by atoms with E-state index in [4.69, 9.17) is 5.11 Å². The number of hydrogen-bond acceptors (Lipinski definition) is 3. The number of phenolic OH excluding ortho intramolecular Hbond substituents is 1. The molecule has 0 atom stereocenters. The molecule has 2 N–H and O–H groups in total. The molecule has 20 heavy (non-hydrogen) atoms. The Bertz CT molecular complexity index is 540. The molecule has 0 fully saturated rings. The van der Waals surface area contributed by atoms with E-state index in [0.29, 0.717) is 18.8 Å². The lowest BCUT2D eigenvalue weighted by atomic mass is 10.0. The van der Waals surface area contributed by atoms with Gasteiger partial charge in [-0.3, -0.25) is 4.90 Å². The van der Waals surface area contributed by atoms with Gasteiger partial charge in [-0.05, 0) is 29.8 Å². The maximum atomic E-state index is 10.0. The lowest BCUT2D eigenvalue weighted by Gasteiger charge is -2.20. The van der Waals surface area contributed by atoms with Crippen molar-refractivity contribution < 1.29 is 10.2 Å². The molecule has 0 spiro atoms. The number of rotatable bonds is 6. The SMILES string of the molecule is CCN(CCO)Cc1cc(-c2ccccc2)ccc1O. The number of hydrogen-bond donors (Lipinski definition) is 2. The monoisotopic (exact) mass is 271 g/mol. The first-order valence-electron chi connectivity index (χ1n) is 6.95. The van der Waals surface area contributed by atoms with Crippen LogP contribution >= 0.6 is 0 Å². The second kappa shape index (κ2) is 7.08. The zero-order valence-corrected chi connectivity index (χ0v) is 11.8. The predicted molar refractivity (Wildman–Crippen MR) is 81.6 cm³/mol. The van der Waals surface area contributed by atoms with E-state index in [2.05, 4.69) is 17.0 Å². The lowest BCUT2D eigenvalue weighted by Crippen LogP contribution is -2.26. The summed E-state index contributed by atoms with van der Waals surface area (Å²) < 4.78 is 0. The summed E-state index contributed by atoms with van der Waals surface area (Å²) in [6, 6.07) is 15.8. The molecule has 0 radical (unpaired) electrons. The molecule has 0 aliphatic rings. The van der Waals surface area contributed by atoms with Gasteiger partial charge in [-0.1, -0.05) is 43.3 Å². The van der Waals surface area contributed by atoms with Crippen LogP contribution in [-0.2, 0) is 6.54 Å². The van der Waals surface area contributed by atoms with E-state index in [-0.39, 0.29) is 6.61 Å². The Labute approximate surface area is 120 Å². The van der Waals surface area contributed by atoms with E-state index in [0.717, 1.165) is 23.2 Å². The highest BCUT2D eigenvalue weighted by molar-refractivity contribution is 5.65. The molecule has 2 aromatic rings. The average Bonchev–Trinajstić information content (AvgIpc) is 2.49. The van der Waals surface area contributed by atoms with Crippen molar-refractivity contribution >= 4 is 0 Å². The van der Waals surface area contributed by atoms with E-state index in [1.54, 1.807) is 6.07 Å². The van der Waals surface area contributed by atoms with Crippen molar-refractivity contribution in [3.05, 3.63) is 54.1 Å². The van der Waals surface area contributed by atoms with Gasteiger partial charge in [0.2, 0.25) is 0 Å². The van der Waals surface area contributed by atoms with Crippen molar-refractivity contribution in [1.29, 1.82) is 0 Å². The Morgan fingerprint density at radius 2 is 1.75 bits per heavy atom. The average molecular weight is 271 g/mol. The van der Waals surface area contributed by atoms with Gasteiger partial charge in [-0.25, -0.2) is 0 Å². The van der Waals surface area contributed by atoms with E-state index in [1.807, 2.05) is 37.3 Å². The van der Waals surface area contributed by atoms with Crippen molar-refractivity contribution in [3.8, 4) is 16.9 Å². The van der Waals surface area contributed by atoms with Crippen LogP contribution in [0.4, 0.5) is 0 Å². The second-order valence-corrected chi connectivity index (χ2v) is 4.80. The number of aromatic hydroxyl groups is 1. The van der Waals surface area contributed by atoms with Crippen molar-refractivity contribution in [2.24, 2.45) is 0 Å². The summed E-state index contributed by atoms with van der Waals surface area (Å²) in [6.45, 7) is 4.28. The zero-order valence-electron chi connectivity index (χ0n) is 11.8. The fourth-order valence-electron chi connectivity index (χ4n) is 2.25. The van der Waals surface area contributed by atoms with Gasteiger partial charge in [-0.2, -0.15) is 0 Å². The molecular weight excluding hydrogens is 250 g/mol. The molecular formula is C17H21NO2. The number of aliphatic hydroxyl groups is 1. The summed E-state index contributed by atoms with van der Waals surface area (Å²) in [5, 5.41) is 19.0. The predicted octanol–water partition coefficient (Wildman–Crippen LogP) is 2.87. The molecule has 0 amide bonds.